The third kappa shape index (κ3) is 4.77. The molecule has 1 amide bonds. The number of hydrogen-bond donors (Lipinski definition) is 1. The summed E-state index contributed by atoms with van der Waals surface area (Å²) in [6.45, 7) is 2.38. The Hall–Kier alpha value is -3.61. The molecule has 2 aromatic carbocycles. The maximum atomic E-state index is 12.6. The highest BCUT2D eigenvalue weighted by Gasteiger charge is 2.15. The second-order valence-corrected chi connectivity index (χ2v) is 7.40. The molecule has 0 unspecified atom stereocenters. The molecule has 1 saturated heterocycles. The van der Waals surface area contributed by atoms with Crippen molar-refractivity contribution in [3.05, 3.63) is 66.0 Å². The molecule has 1 aliphatic heterocycles. The van der Waals surface area contributed by atoms with Crippen LogP contribution in [0, 0.1) is 0 Å². The first-order chi connectivity index (χ1) is 15.2. The van der Waals surface area contributed by atoms with Gasteiger partial charge < -0.3 is 19.7 Å². The maximum absolute atomic E-state index is 12.6. The van der Waals surface area contributed by atoms with E-state index in [4.69, 9.17) is 9.47 Å². The highest BCUT2D eigenvalue weighted by atomic mass is 16.5. The van der Waals surface area contributed by atoms with Crippen LogP contribution in [0.3, 0.4) is 0 Å². The van der Waals surface area contributed by atoms with Crippen molar-refractivity contribution in [3.8, 4) is 22.6 Å². The van der Waals surface area contributed by atoms with E-state index < -0.39 is 0 Å². The van der Waals surface area contributed by atoms with Crippen LogP contribution < -0.4 is 19.7 Å². The highest BCUT2D eigenvalue weighted by Crippen LogP contribution is 2.24. The van der Waals surface area contributed by atoms with Crippen LogP contribution in [-0.2, 0) is 6.54 Å². The topological polar surface area (TPSA) is 76.6 Å². The Morgan fingerprint density at radius 1 is 0.968 bits per heavy atom. The van der Waals surface area contributed by atoms with Crippen LogP contribution in [0.2, 0.25) is 0 Å². The molecule has 2 heterocycles. The number of rotatable bonds is 7. The monoisotopic (exact) mass is 418 g/mol. The predicted octanol–water partition coefficient (Wildman–Crippen LogP) is 3.69. The smallest absolute Gasteiger partial charge is 0.251 e. The van der Waals surface area contributed by atoms with E-state index >= 15 is 0 Å². The van der Waals surface area contributed by atoms with Crippen molar-refractivity contribution in [1.29, 1.82) is 0 Å². The minimum absolute atomic E-state index is 0.156. The summed E-state index contributed by atoms with van der Waals surface area (Å²) in [7, 11) is 3.21. The van der Waals surface area contributed by atoms with Gasteiger partial charge in [0.2, 0.25) is 5.95 Å². The van der Waals surface area contributed by atoms with Crippen molar-refractivity contribution < 1.29 is 14.3 Å². The Morgan fingerprint density at radius 2 is 1.68 bits per heavy atom. The Bertz CT molecular complexity index is 1030. The van der Waals surface area contributed by atoms with Crippen LogP contribution in [0.25, 0.3) is 11.1 Å². The molecule has 31 heavy (non-hydrogen) atoms. The van der Waals surface area contributed by atoms with Gasteiger partial charge in [-0.15, -0.1) is 0 Å². The molecule has 0 aliphatic carbocycles. The Labute approximate surface area is 182 Å². The van der Waals surface area contributed by atoms with Gasteiger partial charge in [-0.05, 0) is 48.7 Å². The minimum atomic E-state index is -0.156. The largest absolute Gasteiger partial charge is 0.497 e. The van der Waals surface area contributed by atoms with Crippen molar-refractivity contribution in [1.82, 2.24) is 15.3 Å². The minimum Gasteiger partial charge on any atom is -0.497 e. The summed E-state index contributed by atoms with van der Waals surface area (Å²) in [4.78, 5) is 23.8. The summed E-state index contributed by atoms with van der Waals surface area (Å²) < 4.78 is 10.6. The summed E-state index contributed by atoms with van der Waals surface area (Å²) in [6, 6.07) is 12.9. The number of anilines is 1. The third-order valence-electron chi connectivity index (χ3n) is 5.43. The van der Waals surface area contributed by atoms with E-state index in [-0.39, 0.29) is 5.91 Å². The summed E-state index contributed by atoms with van der Waals surface area (Å²) >= 11 is 0. The predicted molar refractivity (Wildman–Crippen MR) is 120 cm³/mol. The fourth-order valence-electron chi connectivity index (χ4n) is 3.66. The number of hydrogen-bond acceptors (Lipinski definition) is 6. The molecule has 0 radical (unpaired) electrons. The number of benzene rings is 2. The lowest BCUT2D eigenvalue weighted by Crippen LogP contribution is -2.23. The van der Waals surface area contributed by atoms with Crippen molar-refractivity contribution in [2.75, 3.05) is 32.2 Å². The van der Waals surface area contributed by atoms with E-state index in [1.54, 1.807) is 14.2 Å². The van der Waals surface area contributed by atoms with Crippen LogP contribution in [0.5, 0.6) is 11.5 Å². The van der Waals surface area contributed by atoms with Crippen LogP contribution in [-0.4, -0.2) is 43.2 Å². The first kappa shape index (κ1) is 20.7. The summed E-state index contributed by atoms with van der Waals surface area (Å²) in [5.41, 5.74) is 3.33. The SMILES string of the molecule is COc1ccc(OC)c(CNC(=O)c2ccc(-c3cnc(N4CCCC4)nc3)cc2)c1. The van der Waals surface area contributed by atoms with Crippen LogP contribution in [0.1, 0.15) is 28.8 Å². The molecule has 0 spiro atoms. The molecule has 4 rings (SSSR count). The molecule has 7 nitrogen and oxygen atoms in total. The molecular formula is C24H26N4O3. The quantitative estimate of drug-likeness (QED) is 0.631. The maximum Gasteiger partial charge on any atom is 0.251 e. The zero-order valence-electron chi connectivity index (χ0n) is 17.8. The molecule has 1 fully saturated rings. The highest BCUT2D eigenvalue weighted by molar-refractivity contribution is 5.94. The molecule has 7 heteroatoms. The third-order valence-corrected chi connectivity index (χ3v) is 5.43. The number of ether oxygens (including phenoxy) is 2. The number of carbonyl (C=O) groups is 1. The molecule has 0 atom stereocenters. The van der Waals surface area contributed by atoms with Crippen molar-refractivity contribution in [2.45, 2.75) is 19.4 Å². The number of methoxy groups -OCH3 is 2. The molecule has 1 N–H and O–H groups in total. The van der Waals surface area contributed by atoms with Crippen molar-refractivity contribution >= 4 is 11.9 Å². The van der Waals surface area contributed by atoms with Gasteiger partial charge in [0.15, 0.2) is 0 Å². The number of nitrogens with one attached hydrogen (secondary N) is 1. The van der Waals surface area contributed by atoms with Gasteiger partial charge in [-0.25, -0.2) is 9.97 Å². The first-order valence-electron chi connectivity index (χ1n) is 10.3. The molecule has 0 saturated carbocycles. The van der Waals surface area contributed by atoms with E-state index in [9.17, 15) is 4.79 Å². The molecule has 160 valence electrons. The van der Waals surface area contributed by atoms with E-state index in [1.165, 1.54) is 12.8 Å². The van der Waals surface area contributed by atoms with Crippen molar-refractivity contribution in [3.63, 3.8) is 0 Å². The lowest BCUT2D eigenvalue weighted by molar-refractivity contribution is 0.0950. The Balaban J connectivity index is 1.40. The van der Waals surface area contributed by atoms with E-state index in [1.807, 2.05) is 54.9 Å². The zero-order chi connectivity index (χ0) is 21.6. The normalized spacial score (nSPS) is 13.2. The van der Waals surface area contributed by atoms with Gasteiger partial charge in [0, 0.05) is 48.7 Å². The lowest BCUT2D eigenvalue weighted by Gasteiger charge is -2.14. The summed E-state index contributed by atoms with van der Waals surface area (Å²) in [5.74, 6) is 2.04. The second kappa shape index (κ2) is 9.47. The van der Waals surface area contributed by atoms with Crippen molar-refractivity contribution in [2.24, 2.45) is 0 Å². The van der Waals surface area contributed by atoms with Gasteiger partial charge in [0.25, 0.3) is 5.91 Å². The Kier molecular flexibility index (Phi) is 6.31. The number of aromatic nitrogens is 2. The van der Waals surface area contributed by atoms with Gasteiger partial charge in [0.1, 0.15) is 11.5 Å². The number of nitrogens with zero attached hydrogens (tertiary/aromatic N) is 3. The molecule has 1 aromatic heterocycles. The summed E-state index contributed by atoms with van der Waals surface area (Å²) in [5, 5.41) is 2.93. The van der Waals surface area contributed by atoms with E-state index in [2.05, 4.69) is 20.2 Å². The van der Waals surface area contributed by atoms with Gasteiger partial charge in [-0.2, -0.15) is 0 Å². The van der Waals surface area contributed by atoms with E-state index in [0.717, 1.165) is 35.7 Å². The average Bonchev–Trinajstić information content (AvgIpc) is 3.37. The fraction of sp³-hybridized carbons (Fsp3) is 0.292. The molecule has 0 bridgehead atoms. The van der Waals surface area contributed by atoms with Gasteiger partial charge in [-0.1, -0.05) is 12.1 Å². The second-order valence-electron chi connectivity index (χ2n) is 7.40. The van der Waals surface area contributed by atoms with Crippen LogP contribution in [0.4, 0.5) is 5.95 Å². The lowest BCUT2D eigenvalue weighted by atomic mass is 10.1. The van der Waals surface area contributed by atoms with Crippen LogP contribution >= 0.6 is 0 Å². The van der Waals surface area contributed by atoms with Gasteiger partial charge in [-0.3, -0.25) is 4.79 Å². The molecule has 1 aliphatic rings. The molecular weight excluding hydrogens is 392 g/mol. The number of carbonyl (C=O) groups excluding carboxylic acids is 1. The first-order valence-corrected chi connectivity index (χ1v) is 10.3. The van der Waals surface area contributed by atoms with Gasteiger partial charge >= 0.3 is 0 Å². The fourth-order valence-corrected chi connectivity index (χ4v) is 3.66. The van der Waals surface area contributed by atoms with E-state index in [0.29, 0.717) is 23.6 Å². The van der Waals surface area contributed by atoms with Gasteiger partial charge in [0.05, 0.1) is 14.2 Å². The summed E-state index contributed by atoms with van der Waals surface area (Å²) in [6.07, 6.45) is 6.06. The average molecular weight is 418 g/mol. The zero-order valence-corrected chi connectivity index (χ0v) is 17.8. The number of amides is 1. The molecule has 3 aromatic rings. The Morgan fingerprint density at radius 3 is 2.32 bits per heavy atom. The standard InChI is InChI=1S/C24H26N4O3/c1-30-21-9-10-22(31-2)19(13-21)14-25-23(29)18-7-5-17(6-8-18)20-15-26-24(27-16-20)28-11-3-4-12-28/h5-10,13,15-16H,3-4,11-12,14H2,1-2H3,(H,25,29). The van der Waals surface area contributed by atoms with Crippen LogP contribution in [0.15, 0.2) is 54.9 Å².